The topological polar surface area (TPSA) is 58.0 Å². The molecule has 1 atom stereocenters. The Morgan fingerprint density at radius 1 is 1.47 bits per heavy atom. The normalized spacial score (nSPS) is 12.6. The van der Waals surface area contributed by atoms with Crippen LogP contribution in [0, 0.1) is 0 Å². The van der Waals surface area contributed by atoms with Gasteiger partial charge in [0.15, 0.2) is 0 Å². The lowest BCUT2D eigenvalue weighted by Gasteiger charge is -2.04. The molecule has 0 fully saturated rings. The van der Waals surface area contributed by atoms with Crippen LogP contribution in [0.2, 0.25) is 0 Å². The quantitative estimate of drug-likeness (QED) is 0.846. The Balaban J connectivity index is 1.97. The van der Waals surface area contributed by atoms with Gasteiger partial charge in [0.05, 0.1) is 17.5 Å². The molecule has 4 nitrogen and oxygen atoms in total. The highest BCUT2D eigenvalue weighted by Gasteiger charge is 2.05. The van der Waals surface area contributed by atoms with Crippen molar-refractivity contribution >= 4 is 11.3 Å². The van der Waals surface area contributed by atoms with Gasteiger partial charge in [-0.1, -0.05) is 6.07 Å². The minimum atomic E-state index is -0.330. The number of aliphatic hydroxyl groups excluding tert-OH is 1. The first-order valence-corrected chi connectivity index (χ1v) is 6.38. The molecule has 0 spiro atoms. The second kappa shape index (κ2) is 5.86. The molecular weight excluding hydrogens is 234 g/mol. The van der Waals surface area contributed by atoms with E-state index in [1.54, 1.807) is 24.5 Å². The van der Waals surface area contributed by atoms with E-state index in [1.165, 1.54) is 0 Å². The largest absolute Gasteiger partial charge is 0.392 e. The van der Waals surface area contributed by atoms with Crippen molar-refractivity contribution in [1.29, 1.82) is 0 Å². The van der Waals surface area contributed by atoms with E-state index in [0.717, 1.165) is 16.4 Å². The van der Waals surface area contributed by atoms with Crippen LogP contribution in [0.1, 0.15) is 12.6 Å². The van der Waals surface area contributed by atoms with Gasteiger partial charge in [0.2, 0.25) is 0 Å². The highest BCUT2D eigenvalue weighted by Crippen LogP contribution is 2.20. The fourth-order valence-electron chi connectivity index (χ4n) is 1.40. The molecule has 0 aromatic carbocycles. The van der Waals surface area contributed by atoms with Gasteiger partial charge in [0.1, 0.15) is 5.01 Å². The van der Waals surface area contributed by atoms with Crippen LogP contribution in [0.15, 0.2) is 29.8 Å². The lowest BCUT2D eigenvalue weighted by molar-refractivity contribution is 0.191. The van der Waals surface area contributed by atoms with E-state index in [1.807, 2.05) is 23.6 Å². The van der Waals surface area contributed by atoms with Gasteiger partial charge in [-0.3, -0.25) is 4.98 Å². The van der Waals surface area contributed by atoms with Crippen LogP contribution < -0.4 is 5.32 Å². The van der Waals surface area contributed by atoms with Crippen LogP contribution in [0.25, 0.3) is 10.7 Å². The number of pyridine rings is 1. The molecule has 2 aromatic heterocycles. The zero-order valence-corrected chi connectivity index (χ0v) is 10.4. The molecule has 0 saturated carbocycles. The SMILES string of the molecule is CC(O)CNCc1csc(-c2ccccn2)n1. The van der Waals surface area contributed by atoms with Gasteiger partial charge in [-0.05, 0) is 19.1 Å². The fourth-order valence-corrected chi connectivity index (χ4v) is 2.20. The number of aromatic nitrogens is 2. The molecule has 0 aliphatic rings. The lowest BCUT2D eigenvalue weighted by atomic mass is 10.3. The average molecular weight is 249 g/mol. The number of nitrogens with one attached hydrogen (secondary N) is 1. The summed E-state index contributed by atoms with van der Waals surface area (Å²) in [6.45, 7) is 3.01. The van der Waals surface area contributed by atoms with Gasteiger partial charge in [-0.25, -0.2) is 4.98 Å². The molecule has 2 heterocycles. The van der Waals surface area contributed by atoms with Gasteiger partial charge in [-0.15, -0.1) is 11.3 Å². The van der Waals surface area contributed by atoms with E-state index in [2.05, 4.69) is 15.3 Å². The third-order valence-electron chi connectivity index (χ3n) is 2.18. The Hall–Kier alpha value is -1.30. The second-order valence-corrected chi connectivity index (χ2v) is 4.70. The van der Waals surface area contributed by atoms with Crippen LogP contribution in [0.3, 0.4) is 0 Å². The predicted molar refractivity (Wildman–Crippen MR) is 68.7 cm³/mol. The van der Waals surface area contributed by atoms with E-state index in [-0.39, 0.29) is 6.10 Å². The van der Waals surface area contributed by atoms with Gasteiger partial charge in [0.25, 0.3) is 0 Å². The van der Waals surface area contributed by atoms with Gasteiger partial charge in [-0.2, -0.15) is 0 Å². The summed E-state index contributed by atoms with van der Waals surface area (Å²) in [5.41, 5.74) is 1.88. The number of aliphatic hydroxyl groups is 1. The monoisotopic (exact) mass is 249 g/mol. The van der Waals surface area contributed by atoms with Crippen LogP contribution in [0.5, 0.6) is 0 Å². The average Bonchev–Trinajstić information content (AvgIpc) is 2.78. The van der Waals surface area contributed by atoms with Crippen LogP contribution >= 0.6 is 11.3 Å². The summed E-state index contributed by atoms with van der Waals surface area (Å²) in [5, 5.41) is 15.2. The predicted octanol–water partition coefficient (Wildman–Crippen LogP) is 1.68. The molecule has 5 heteroatoms. The Kier molecular flexibility index (Phi) is 4.19. The molecule has 1 unspecified atom stereocenters. The maximum Gasteiger partial charge on any atom is 0.142 e. The molecule has 2 rings (SSSR count). The Labute approximate surface area is 104 Å². The first-order chi connectivity index (χ1) is 8.25. The molecule has 17 heavy (non-hydrogen) atoms. The summed E-state index contributed by atoms with van der Waals surface area (Å²) >= 11 is 1.59. The first kappa shape index (κ1) is 12.2. The maximum absolute atomic E-state index is 9.12. The third kappa shape index (κ3) is 3.59. The number of nitrogens with zero attached hydrogens (tertiary/aromatic N) is 2. The highest BCUT2D eigenvalue weighted by molar-refractivity contribution is 7.13. The summed E-state index contributed by atoms with van der Waals surface area (Å²) in [7, 11) is 0. The fraction of sp³-hybridized carbons (Fsp3) is 0.333. The summed E-state index contributed by atoms with van der Waals surface area (Å²) < 4.78 is 0. The Bertz CT molecular complexity index is 456. The molecule has 2 aromatic rings. The molecular formula is C12H15N3OS. The zero-order valence-electron chi connectivity index (χ0n) is 9.63. The van der Waals surface area contributed by atoms with E-state index >= 15 is 0 Å². The van der Waals surface area contributed by atoms with Crippen molar-refractivity contribution in [3.8, 4) is 10.7 Å². The molecule has 0 aliphatic carbocycles. The second-order valence-electron chi connectivity index (χ2n) is 3.84. The number of hydrogen-bond donors (Lipinski definition) is 2. The summed E-state index contributed by atoms with van der Waals surface area (Å²) in [4.78, 5) is 8.75. The summed E-state index contributed by atoms with van der Waals surface area (Å²) in [5.74, 6) is 0. The minimum absolute atomic E-state index is 0.330. The van der Waals surface area contributed by atoms with Crippen molar-refractivity contribution in [2.45, 2.75) is 19.6 Å². The van der Waals surface area contributed by atoms with E-state index in [4.69, 9.17) is 5.11 Å². The first-order valence-electron chi connectivity index (χ1n) is 5.50. The number of thiazole rings is 1. The zero-order chi connectivity index (χ0) is 12.1. The molecule has 0 bridgehead atoms. The third-order valence-corrected chi connectivity index (χ3v) is 3.10. The smallest absolute Gasteiger partial charge is 0.142 e. The van der Waals surface area contributed by atoms with Gasteiger partial charge < -0.3 is 10.4 Å². The van der Waals surface area contributed by atoms with Crippen molar-refractivity contribution in [3.63, 3.8) is 0 Å². The highest BCUT2D eigenvalue weighted by atomic mass is 32.1. The molecule has 90 valence electrons. The summed E-state index contributed by atoms with van der Waals surface area (Å²) in [6.07, 6.45) is 1.44. The van der Waals surface area contributed by atoms with Gasteiger partial charge in [0, 0.05) is 24.7 Å². The van der Waals surface area contributed by atoms with Crippen LogP contribution in [0.4, 0.5) is 0 Å². The summed E-state index contributed by atoms with van der Waals surface area (Å²) in [6, 6.07) is 5.79. The molecule has 0 amide bonds. The number of rotatable bonds is 5. The van der Waals surface area contributed by atoms with Crippen LogP contribution in [-0.2, 0) is 6.54 Å². The van der Waals surface area contributed by atoms with Gasteiger partial charge >= 0.3 is 0 Å². The minimum Gasteiger partial charge on any atom is -0.392 e. The van der Waals surface area contributed by atoms with Crippen molar-refractivity contribution in [3.05, 3.63) is 35.5 Å². The van der Waals surface area contributed by atoms with E-state index < -0.39 is 0 Å². The number of hydrogen-bond acceptors (Lipinski definition) is 5. The molecule has 2 N–H and O–H groups in total. The standard InChI is InChI=1S/C12H15N3OS/c1-9(16)6-13-7-10-8-17-12(15-10)11-4-2-3-5-14-11/h2-5,8-9,13,16H,6-7H2,1H3. The van der Waals surface area contributed by atoms with E-state index in [0.29, 0.717) is 13.1 Å². The molecule has 0 aliphatic heterocycles. The molecule has 0 saturated heterocycles. The Morgan fingerprint density at radius 2 is 2.35 bits per heavy atom. The van der Waals surface area contributed by atoms with Crippen molar-refractivity contribution < 1.29 is 5.11 Å². The molecule has 0 radical (unpaired) electrons. The van der Waals surface area contributed by atoms with Crippen molar-refractivity contribution in [1.82, 2.24) is 15.3 Å². The van der Waals surface area contributed by atoms with E-state index in [9.17, 15) is 0 Å². The lowest BCUT2D eigenvalue weighted by Crippen LogP contribution is -2.23. The van der Waals surface area contributed by atoms with Crippen molar-refractivity contribution in [2.75, 3.05) is 6.54 Å². The Morgan fingerprint density at radius 3 is 3.06 bits per heavy atom. The van der Waals surface area contributed by atoms with Crippen LogP contribution in [-0.4, -0.2) is 27.7 Å². The maximum atomic E-state index is 9.12. The van der Waals surface area contributed by atoms with Crippen molar-refractivity contribution in [2.24, 2.45) is 0 Å².